The molecule has 0 saturated carbocycles. The van der Waals surface area contributed by atoms with Crippen molar-refractivity contribution in [2.75, 3.05) is 6.54 Å². The van der Waals surface area contributed by atoms with E-state index in [-0.39, 0.29) is 5.56 Å². The average Bonchev–Trinajstić information content (AvgIpc) is 2.96. The Bertz CT molecular complexity index is 690. The van der Waals surface area contributed by atoms with Crippen molar-refractivity contribution in [1.82, 2.24) is 24.4 Å². The highest BCUT2D eigenvalue weighted by atomic mass is 16.2. The molecular weight excluding hydrogens is 234 g/mol. The smallest absolute Gasteiger partial charge is 0.323 e. The van der Waals surface area contributed by atoms with Gasteiger partial charge in [0.25, 0.3) is 5.56 Å². The van der Waals surface area contributed by atoms with Crippen molar-refractivity contribution in [2.24, 2.45) is 7.05 Å². The lowest BCUT2D eigenvalue weighted by atomic mass is 10.2. The first-order valence-electron chi connectivity index (χ1n) is 6.04. The fourth-order valence-corrected chi connectivity index (χ4v) is 2.47. The number of nitrogens with zero attached hydrogens (tertiary/aromatic N) is 3. The molecule has 1 unspecified atom stereocenters. The number of nitrogens with one attached hydrogen (secondary N) is 2. The van der Waals surface area contributed by atoms with Gasteiger partial charge in [-0.25, -0.2) is 9.78 Å². The van der Waals surface area contributed by atoms with Crippen molar-refractivity contribution in [2.45, 2.75) is 25.4 Å². The van der Waals surface area contributed by atoms with E-state index >= 15 is 0 Å². The van der Waals surface area contributed by atoms with Gasteiger partial charge >= 0.3 is 5.69 Å². The Morgan fingerprint density at radius 1 is 1.50 bits per heavy atom. The first-order valence-corrected chi connectivity index (χ1v) is 6.04. The topological polar surface area (TPSA) is 84.7 Å². The molecule has 0 aromatic carbocycles. The highest BCUT2D eigenvalue weighted by Crippen LogP contribution is 2.11. The minimum atomic E-state index is -0.434. The summed E-state index contributed by atoms with van der Waals surface area (Å²) in [6.07, 6.45) is 3.88. The lowest BCUT2D eigenvalue weighted by Crippen LogP contribution is -2.31. The molecule has 2 aromatic heterocycles. The van der Waals surface area contributed by atoms with Gasteiger partial charge in [0.2, 0.25) is 0 Å². The quantitative estimate of drug-likeness (QED) is 0.728. The molecule has 2 aromatic rings. The zero-order valence-electron chi connectivity index (χ0n) is 10.1. The second-order valence-electron chi connectivity index (χ2n) is 4.68. The summed E-state index contributed by atoms with van der Waals surface area (Å²) in [5.74, 6) is 0. The molecule has 1 aliphatic rings. The Morgan fingerprint density at radius 3 is 3.06 bits per heavy atom. The Morgan fingerprint density at radius 2 is 2.33 bits per heavy atom. The van der Waals surface area contributed by atoms with Gasteiger partial charge in [0, 0.05) is 19.6 Å². The molecule has 96 valence electrons. The molecule has 0 spiro atoms. The summed E-state index contributed by atoms with van der Waals surface area (Å²) < 4.78 is 3.17. The van der Waals surface area contributed by atoms with Gasteiger partial charge in [-0.2, -0.15) is 0 Å². The summed E-state index contributed by atoms with van der Waals surface area (Å²) in [5, 5.41) is 3.38. The van der Waals surface area contributed by atoms with Gasteiger partial charge in [0.15, 0.2) is 11.2 Å². The first-order chi connectivity index (χ1) is 8.66. The highest BCUT2D eigenvalue weighted by Gasteiger charge is 2.17. The lowest BCUT2D eigenvalue weighted by molar-refractivity contribution is 0.516. The van der Waals surface area contributed by atoms with Crippen LogP contribution in [0.5, 0.6) is 0 Å². The second kappa shape index (κ2) is 4.09. The van der Waals surface area contributed by atoms with E-state index in [9.17, 15) is 9.59 Å². The fourth-order valence-electron chi connectivity index (χ4n) is 2.47. The number of aromatic amines is 1. The molecule has 18 heavy (non-hydrogen) atoms. The molecule has 7 nitrogen and oxygen atoms in total. The maximum atomic E-state index is 11.9. The molecule has 2 N–H and O–H groups in total. The standard InChI is InChI=1S/C11H15N5O2/c1-15-9-8(10(17)14-11(15)18)16(6-13-9)5-7-3-2-4-12-7/h6-7,12H,2-5H2,1H3,(H,14,17,18). The number of imidazole rings is 1. The van der Waals surface area contributed by atoms with Crippen molar-refractivity contribution in [3.8, 4) is 0 Å². The maximum Gasteiger partial charge on any atom is 0.329 e. The molecule has 0 amide bonds. The molecule has 0 radical (unpaired) electrons. The number of hydrogen-bond donors (Lipinski definition) is 2. The van der Waals surface area contributed by atoms with Crippen molar-refractivity contribution in [3.05, 3.63) is 27.2 Å². The number of rotatable bonds is 2. The van der Waals surface area contributed by atoms with Crippen LogP contribution >= 0.6 is 0 Å². The molecule has 1 fully saturated rings. The molecular formula is C11H15N5O2. The van der Waals surface area contributed by atoms with Crippen LogP contribution < -0.4 is 16.6 Å². The predicted octanol–water partition coefficient (Wildman–Crippen LogP) is -0.825. The number of aryl methyl sites for hydroxylation is 1. The number of H-pyrrole nitrogens is 1. The number of aromatic nitrogens is 4. The molecule has 3 rings (SSSR count). The number of hydrogen-bond acceptors (Lipinski definition) is 4. The summed E-state index contributed by atoms with van der Waals surface area (Å²) in [7, 11) is 1.60. The Labute approximate surface area is 102 Å². The Balaban J connectivity index is 2.11. The van der Waals surface area contributed by atoms with Crippen LogP contribution in [0.1, 0.15) is 12.8 Å². The third-order valence-corrected chi connectivity index (χ3v) is 3.46. The van der Waals surface area contributed by atoms with Gasteiger partial charge in [-0.15, -0.1) is 0 Å². The monoisotopic (exact) mass is 249 g/mol. The van der Waals surface area contributed by atoms with E-state index in [0.29, 0.717) is 23.8 Å². The summed E-state index contributed by atoms with van der Waals surface area (Å²) in [6.45, 7) is 1.73. The van der Waals surface area contributed by atoms with E-state index in [4.69, 9.17) is 0 Å². The molecule has 1 saturated heterocycles. The summed E-state index contributed by atoms with van der Waals surface area (Å²) in [6, 6.07) is 0.374. The van der Waals surface area contributed by atoms with Gasteiger partial charge in [-0.3, -0.25) is 14.3 Å². The van der Waals surface area contributed by atoms with Crippen molar-refractivity contribution in [3.63, 3.8) is 0 Å². The van der Waals surface area contributed by atoms with Crippen molar-refractivity contribution >= 4 is 11.2 Å². The molecule has 1 aliphatic heterocycles. The Kier molecular flexibility index (Phi) is 2.55. The largest absolute Gasteiger partial charge is 0.329 e. The second-order valence-corrected chi connectivity index (χ2v) is 4.68. The van der Waals surface area contributed by atoms with Crippen LogP contribution in [0.25, 0.3) is 11.2 Å². The van der Waals surface area contributed by atoms with Crippen LogP contribution in [-0.4, -0.2) is 31.7 Å². The number of fused-ring (bicyclic) bond motifs is 1. The normalized spacial score (nSPS) is 19.7. The third-order valence-electron chi connectivity index (χ3n) is 3.46. The van der Waals surface area contributed by atoms with Gasteiger partial charge in [0.1, 0.15) is 0 Å². The van der Waals surface area contributed by atoms with Crippen molar-refractivity contribution in [1.29, 1.82) is 0 Å². The molecule has 7 heteroatoms. The molecule has 1 atom stereocenters. The van der Waals surface area contributed by atoms with E-state index in [2.05, 4.69) is 15.3 Å². The third kappa shape index (κ3) is 1.67. The summed E-state index contributed by atoms with van der Waals surface area (Å²) in [4.78, 5) is 29.8. The van der Waals surface area contributed by atoms with Gasteiger partial charge in [-0.05, 0) is 19.4 Å². The molecule has 0 bridgehead atoms. The minimum Gasteiger partial charge on any atom is -0.323 e. The molecule has 0 aliphatic carbocycles. The van der Waals surface area contributed by atoms with Crippen LogP contribution in [0.15, 0.2) is 15.9 Å². The van der Waals surface area contributed by atoms with E-state index in [1.807, 2.05) is 4.57 Å². The van der Waals surface area contributed by atoms with Crippen LogP contribution in [0.3, 0.4) is 0 Å². The SMILES string of the molecule is Cn1c(=O)[nH]c(=O)c2c1ncn2CC1CCCN1. The highest BCUT2D eigenvalue weighted by molar-refractivity contribution is 5.69. The van der Waals surface area contributed by atoms with E-state index < -0.39 is 5.69 Å². The summed E-state index contributed by atoms with van der Waals surface area (Å²) in [5.41, 5.74) is 0.0906. The van der Waals surface area contributed by atoms with Crippen LogP contribution in [0.4, 0.5) is 0 Å². The van der Waals surface area contributed by atoms with Gasteiger partial charge in [0.05, 0.1) is 6.33 Å². The fraction of sp³-hybridized carbons (Fsp3) is 0.545. The van der Waals surface area contributed by atoms with Crippen LogP contribution in [0, 0.1) is 0 Å². The average molecular weight is 249 g/mol. The first kappa shape index (κ1) is 11.2. The zero-order valence-corrected chi connectivity index (χ0v) is 10.1. The van der Waals surface area contributed by atoms with Gasteiger partial charge < -0.3 is 9.88 Å². The predicted molar refractivity (Wildman–Crippen MR) is 66.6 cm³/mol. The summed E-state index contributed by atoms with van der Waals surface area (Å²) >= 11 is 0. The Hall–Kier alpha value is -1.89. The molecule has 3 heterocycles. The van der Waals surface area contributed by atoms with Crippen LogP contribution in [-0.2, 0) is 13.6 Å². The van der Waals surface area contributed by atoms with E-state index in [1.165, 1.54) is 4.57 Å². The van der Waals surface area contributed by atoms with Crippen molar-refractivity contribution < 1.29 is 0 Å². The lowest BCUT2D eigenvalue weighted by Gasteiger charge is -2.11. The van der Waals surface area contributed by atoms with Crippen LogP contribution in [0.2, 0.25) is 0 Å². The van der Waals surface area contributed by atoms with Gasteiger partial charge in [-0.1, -0.05) is 0 Å². The zero-order chi connectivity index (χ0) is 12.7. The minimum absolute atomic E-state index is 0.372. The van der Waals surface area contributed by atoms with E-state index in [0.717, 1.165) is 19.4 Å². The maximum absolute atomic E-state index is 11.9. The van der Waals surface area contributed by atoms with E-state index in [1.54, 1.807) is 13.4 Å².